The second kappa shape index (κ2) is 9.00. The smallest absolute Gasteiger partial charge is 0.237 e. The van der Waals surface area contributed by atoms with Crippen LogP contribution in [0.15, 0.2) is 47.6 Å². The molecule has 3 atom stereocenters. The van der Waals surface area contributed by atoms with Gasteiger partial charge in [-0.05, 0) is 56.5 Å². The summed E-state index contributed by atoms with van der Waals surface area (Å²) in [6.07, 6.45) is 3.44. The molecule has 0 spiro atoms. The van der Waals surface area contributed by atoms with Gasteiger partial charge >= 0.3 is 0 Å². The van der Waals surface area contributed by atoms with Crippen LogP contribution in [-0.4, -0.2) is 31.9 Å². The van der Waals surface area contributed by atoms with E-state index in [4.69, 9.17) is 16.6 Å². The van der Waals surface area contributed by atoms with E-state index in [1.54, 1.807) is 0 Å². The fourth-order valence-corrected chi connectivity index (χ4v) is 5.25. The summed E-state index contributed by atoms with van der Waals surface area (Å²) in [7, 11) is 0. The molecule has 1 fully saturated rings. The predicted octanol–water partition coefficient (Wildman–Crippen LogP) is 5.59. The number of hydrogen-bond acceptors (Lipinski definition) is 4. The number of nitrogens with one attached hydrogen (secondary N) is 1. The highest BCUT2D eigenvalue weighted by molar-refractivity contribution is 8.00. The highest BCUT2D eigenvalue weighted by Gasteiger charge is 2.29. The molecule has 1 heterocycles. The van der Waals surface area contributed by atoms with E-state index in [0.29, 0.717) is 10.7 Å². The molecule has 158 valence electrons. The van der Waals surface area contributed by atoms with Gasteiger partial charge in [0, 0.05) is 0 Å². The number of para-hydroxylation sites is 2. The SMILES string of the molecule is Cc1ccc(NC(=O)C(C)Sc2nc3ccccc3n2[C@H]2CCCC[C@@H]2O)c(Cl)c1. The molecule has 1 unspecified atom stereocenters. The maximum atomic E-state index is 12.8. The van der Waals surface area contributed by atoms with Gasteiger partial charge < -0.3 is 15.0 Å². The van der Waals surface area contributed by atoms with E-state index in [-0.39, 0.29) is 17.2 Å². The third kappa shape index (κ3) is 4.36. The largest absolute Gasteiger partial charge is 0.391 e. The Morgan fingerprint density at radius 2 is 2.03 bits per heavy atom. The van der Waals surface area contributed by atoms with Crippen LogP contribution in [0.1, 0.15) is 44.2 Å². The number of nitrogens with zero attached hydrogens (tertiary/aromatic N) is 2. The molecule has 3 aromatic rings. The molecule has 5 nitrogen and oxygen atoms in total. The number of aryl methyl sites for hydroxylation is 1. The van der Waals surface area contributed by atoms with E-state index in [1.807, 2.05) is 56.3 Å². The number of halogens is 1. The van der Waals surface area contributed by atoms with Crippen LogP contribution in [0.4, 0.5) is 5.69 Å². The lowest BCUT2D eigenvalue weighted by Crippen LogP contribution is -2.29. The van der Waals surface area contributed by atoms with Crippen LogP contribution < -0.4 is 5.32 Å². The van der Waals surface area contributed by atoms with E-state index in [9.17, 15) is 9.90 Å². The Balaban J connectivity index is 1.59. The standard InChI is InChI=1S/C23H26ClN3O2S/c1-14-11-12-17(16(24)13-14)25-22(29)15(2)30-23-26-18-7-3-4-8-19(18)27(23)20-9-5-6-10-21(20)28/h3-4,7-8,11-13,15,20-21,28H,5-6,9-10H2,1-2H3,(H,25,29)/t15?,20-,21-/m0/s1. The number of aliphatic hydroxyl groups is 1. The van der Waals surface area contributed by atoms with Crippen LogP contribution >= 0.6 is 23.4 Å². The van der Waals surface area contributed by atoms with Crippen molar-refractivity contribution in [2.24, 2.45) is 0 Å². The molecule has 4 rings (SSSR count). The second-order valence-electron chi connectivity index (χ2n) is 7.90. The van der Waals surface area contributed by atoms with Gasteiger partial charge in [0.25, 0.3) is 0 Å². The van der Waals surface area contributed by atoms with Crippen molar-refractivity contribution >= 4 is 46.0 Å². The van der Waals surface area contributed by atoms with Crippen molar-refractivity contribution in [3.05, 3.63) is 53.1 Å². The van der Waals surface area contributed by atoms with Crippen LogP contribution in [0.2, 0.25) is 5.02 Å². The number of thioether (sulfide) groups is 1. The van der Waals surface area contributed by atoms with Crippen molar-refractivity contribution in [2.75, 3.05) is 5.32 Å². The van der Waals surface area contributed by atoms with E-state index < -0.39 is 6.10 Å². The van der Waals surface area contributed by atoms with Crippen molar-refractivity contribution in [3.63, 3.8) is 0 Å². The Hall–Kier alpha value is -2.02. The number of hydrogen-bond donors (Lipinski definition) is 2. The Labute approximate surface area is 185 Å². The summed E-state index contributed by atoms with van der Waals surface area (Å²) in [5.41, 5.74) is 3.53. The van der Waals surface area contributed by atoms with Crippen molar-refractivity contribution in [3.8, 4) is 0 Å². The number of aromatic nitrogens is 2. The maximum Gasteiger partial charge on any atom is 0.237 e. The number of anilines is 1. The molecular weight excluding hydrogens is 418 g/mol. The van der Waals surface area contributed by atoms with Crippen LogP contribution in [-0.2, 0) is 4.79 Å². The molecule has 2 aromatic carbocycles. The van der Waals surface area contributed by atoms with Crippen LogP contribution in [0.3, 0.4) is 0 Å². The topological polar surface area (TPSA) is 67.2 Å². The molecule has 30 heavy (non-hydrogen) atoms. The van der Waals surface area contributed by atoms with E-state index in [1.165, 1.54) is 11.8 Å². The van der Waals surface area contributed by atoms with Crippen LogP contribution in [0.25, 0.3) is 11.0 Å². The molecule has 7 heteroatoms. The number of rotatable bonds is 5. The summed E-state index contributed by atoms with van der Waals surface area (Å²) < 4.78 is 2.13. The van der Waals surface area contributed by atoms with Gasteiger partial charge in [-0.3, -0.25) is 4.79 Å². The summed E-state index contributed by atoms with van der Waals surface area (Å²) in [6.45, 7) is 3.82. The Morgan fingerprint density at radius 3 is 2.80 bits per heavy atom. The molecule has 0 aliphatic heterocycles. The normalized spacial score (nSPS) is 20.3. The molecule has 1 saturated carbocycles. The lowest BCUT2D eigenvalue weighted by molar-refractivity contribution is -0.115. The lowest BCUT2D eigenvalue weighted by atomic mass is 9.92. The first-order chi connectivity index (χ1) is 14.4. The van der Waals surface area contributed by atoms with Crippen LogP contribution in [0.5, 0.6) is 0 Å². The van der Waals surface area contributed by atoms with Gasteiger partial charge in [-0.1, -0.05) is 54.4 Å². The Kier molecular flexibility index (Phi) is 6.37. The molecule has 1 aliphatic carbocycles. The van der Waals surface area contributed by atoms with Gasteiger partial charge in [0.05, 0.1) is 39.1 Å². The predicted molar refractivity (Wildman–Crippen MR) is 123 cm³/mol. The zero-order valence-corrected chi connectivity index (χ0v) is 18.7. The average molecular weight is 444 g/mol. The number of imidazole rings is 1. The highest BCUT2D eigenvalue weighted by Crippen LogP contribution is 2.37. The number of amides is 1. The van der Waals surface area contributed by atoms with Gasteiger partial charge in [0.1, 0.15) is 0 Å². The molecule has 0 saturated heterocycles. The van der Waals surface area contributed by atoms with Crippen molar-refractivity contribution < 1.29 is 9.90 Å². The fourth-order valence-electron chi connectivity index (χ4n) is 3.99. The maximum absolute atomic E-state index is 12.8. The van der Waals surface area contributed by atoms with Crippen molar-refractivity contribution in [1.29, 1.82) is 0 Å². The number of carbonyl (C=O) groups is 1. The first-order valence-corrected chi connectivity index (χ1v) is 11.6. The third-order valence-electron chi connectivity index (χ3n) is 5.62. The molecule has 1 amide bonds. The monoisotopic (exact) mass is 443 g/mol. The van der Waals surface area contributed by atoms with Gasteiger partial charge in [-0.2, -0.15) is 0 Å². The number of aliphatic hydroxyl groups excluding tert-OH is 1. The van der Waals surface area contributed by atoms with Gasteiger partial charge in [-0.15, -0.1) is 0 Å². The van der Waals surface area contributed by atoms with E-state index in [0.717, 1.165) is 47.4 Å². The minimum atomic E-state index is -0.397. The number of benzene rings is 2. The molecule has 0 radical (unpaired) electrons. The third-order valence-corrected chi connectivity index (χ3v) is 7.00. The minimum absolute atomic E-state index is 0.0181. The Bertz CT molecular complexity index is 1070. The van der Waals surface area contributed by atoms with Gasteiger partial charge in [-0.25, -0.2) is 4.98 Å². The minimum Gasteiger partial charge on any atom is -0.391 e. The summed E-state index contributed by atoms with van der Waals surface area (Å²) in [5, 5.41) is 14.5. The lowest BCUT2D eigenvalue weighted by Gasteiger charge is -2.30. The average Bonchev–Trinajstić information content (AvgIpc) is 3.08. The Morgan fingerprint density at radius 1 is 1.27 bits per heavy atom. The van der Waals surface area contributed by atoms with E-state index in [2.05, 4.69) is 9.88 Å². The molecule has 0 bridgehead atoms. The molecule has 1 aromatic heterocycles. The fraction of sp³-hybridized carbons (Fsp3) is 0.391. The second-order valence-corrected chi connectivity index (χ2v) is 9.62. The summed E-state index contributed by atoms with van der Waals surface area (Å²) in [4.78, 5) is 17.6. The summed E-state index contributed by atoms with van der Waals surface area (Å²) in [5.74, 6) is -0.131. The zero-order chi connectivity index (χ0) is 21.3. The molecule has 2 N–H and O–H groups in total. The quantitative estimate of drug-likeness (QED) is 0.504. The van der Waals surface area contributed by atoms with Gasteiger partial charge in [0.15, 0.2) is 5.16 Å². The van der Waals surface area contributed by atoms with Crippen molar-refractivity contribution in [2.45, 2.75) is 62.1 Å². The first kappa shape index (κ1) is 21.2. The van der Waals surface area contributed by atoms with Crippen molar-refractivity contribution in [1.82, 2.24) is 9.55 Å². The summed E-state index contributed by atoms with van der Waals surface area (Å²) in [6, 6.07) is 13.5. The van der Waals surface area contributed by atoms with E-state index >= 15 is 0 Å². The number of fused-ring (bicyclic) bond motifs is 1. The highest BCUT2D eigenvalue weighted by atomic mass is 35.5. The van der Waals surface area contributed by atoms with Gasteiger partial charge in [0.2, 0.25) is 5.91 Å². The first-order valence-electron chi connectivity index (χ1n) is 10.3. The molecular formula is C23H26ClN3O2S. The zero-order valence-electron chi connectivity index (χ0n) is 17.1. The van der Waals surface area contributed by atoms with Crippen LogP contribution in [0, 0.1) is 6.92 Å². The molecule has 1 aliphatic rings. The summed E-state index contributed by atoms with van der Waals surface area (Å²) >= 11 is 7.68. The number of carbonyl (C=O) groups excluding carboxylic acids is 1.